The highest BCUT2D eigenvalue weighted by molar-refractivity contribution is 5.84. The lowest BCUT2D eigenvalue weighted by molar-refractivity contribution is -0.145. The lowest BCUT2D eigenvalue weighted by atomic mass is 9.86. The topological polar surface area (TPSA) is 75.6 Å². The molecule has 20 heavy (non-hydrogen) atoms. The van der Waals surface area contributed by atoms with Gasteiger partial charge in [-0.25, -0.2) is 9.59 Å². The third-order valence-electron chi connectivity index (χ3n) is 3.33. The first-order valence-electron chi connectivity index (χ1n) is 6.50. The summed E-state index contributed by atoms with van der Waals surface area (Å²) in [6, 6.07) is 9.24. The van der Waals surface area contributed by atoms with Crippen molar-refractivity contribution in [2.75, 3.05) is 0 Å². The van der Waals surface area contributed by atoms with Gasteiger partial charge in [-0.15, -0.1) is 0 Å². The van der Waals surface area contributed by atoms with Crippen molar-refractivity contribution in [3.8, 4) is 0 Å². The Kier molecular flexibility index (Phi) is 4.40. The molecule has 1 amide bonds. The van der Waals surface area contributed by atoms with E-state index in [4.69, 9.17) is 4.74 Å². The lowest BCUT2D eigenvalue weighted by Crippen LogP contribution is -2.55. The summed E-state index contributed by atoms with van der Waals surface area (Å²) >= 11 is 0. The van der Waals surface area contributed by atoms with Gasteiger partial charge in [0.2, 0.25) is 0 Å². The molecule has 0 spiro atoms. The molecule has 5 nitrogen and oxygen atoms in total. The Morgan fingerprint density at radius 2 is 2.00 bits per heavy atom. The maximum absolute atomic E-state index is 11.8. The van der Waals surface area contributed by atoms with Crippen molar-refractivity contribution in [3.05, 3.63) is 48.0 Å². The summed E-state index contributed by atoms with van der Waals surface area (Å²) in [5.74, 6) is -1.03. The van der Waals surface area contributed by atoms with Crippen LogP contribution in [0.25, 0.3) is 0 Å². The standard InChI is InChI=1S/C15H17NO4/c17-13(18)15(9-5-2-6-10-15)16-14(19)20-11-12-7-3-1-4-8-12/h1-5,7-8H,6,9-11H2,(H,16,19)(H,17,18). The lowest BCUT2D eigenvalue weighted by Gasteiger charge is -2.30. The predicted octanol–water partition coefficient (Wildman–Crippen LogP) is 2.48. The first-order chi connectivity index (χ1) is 9.62. The molecule has 0 aliphatic heterocycles. The van der Waals surface area contributed by atoms with Crippen molar-refractivity contribution in [3.63, 3.8) is 0 Å². The molecule has 0 saturated carbocycles. The number of nitrogens with one attached hydrogen (secondary N) is 1. The summed E-state index contributed by atoms with van der Waals surface area (Å²) in [6.45, 7) is 0.123. The Morgan fingerprint density at radius 3 is 2.60 bits per heavy atom. The summed E-state index contributed by atoms with van der Waals surface area (Å²) in [5.41, 5.74) is -0.390. The molecule has 1 unspecified atom stereocenters. The van der Waals surface area contributed by atoms with E-state index in [9.17, 15) is 14.7 Å². The number of aliphatic carboxylic acids is 1. The van der Waals surface area contributed by atoms with E-state index < -0.39 is 17.6 Å². The summed E-state index contributed by atoms with van der Waals surface area (Å²) in [4.78, 5) is 23.2. The molecule has 5 heteroatoms. The number of amides is 1. The first-order valence-corrected chi connectivity index (χ1v) is 6.50. The molecule has 0 fully saturated rings. The molecule has 2 rings (SSSR count). The van der Waals surface area contributed by atoms with Gasteiger partial charge >= 0.3 is 12.1 Å². The van der Waals surface area contributed by atoms with Crippen molar-refractivity contribution < 1.29 is 19.4 Å². The number of carboxylic acid groups (broad SMARTS) is 1. The van der Waals surface area contributed by atoms with Gasteiger partial charge in [-0.05, 0) is 24.8 Å². The van der Waals surface area contributed by atoms with Gasteiger partial charge in [0.15, 0.2) is 0 Å². The van der Waals surface area contributed by atoms with Gasteiger partial charge in [-0.1, -0.05) is 42.5 Å². The number of carboxylic acids is 1. The fourth-order valence-electron chi connectivity index (χ4n) is 2.15. The average molecular weight is 275 g/mol. The van der Waals surface area contributed by atoms with E-state index in [0.717, 1.165) is 5.56 Å². The number of rotatable bonds is 4. The number of benzene rings is 1. The smallest absolute Gasteiger partial charge is 0.408 e. The van der Waals surface area contributed by atoms with Gasteiger partial charge in [0.1, 0.15) is 12.1 Å². The van der Waals surface area contributed by atoms with Gasteiger partial charge in [0.25, 0.3) is 0 Å². The van der Waals surface area contributed by atoms with Crippen molar-refractivity contribution in [2.24, 2.45) is 0 Å². The third-order valence-corrected chi connectivity index (χ3v) is 3.33. The number of hydrogen-bond acceptors (Lipinski definition) is 3. The molecule has 106 valence electrons. The van der Waals surface area contributed by atoms with Crippen LogP contribution in [0.4, 0.5) is 4.79 Å². The second kappa shape index (κ2) is 6.23. The molecule has 0 aromatic heterocycles. The van der Waals surface area contributed by atoms with E-state index in [1.807, 2.05) is 36.4 Å². The van der Waals surface area contributed by atoms with Crippen LogP contribution in [0.2, 0.25) is 0 Å². The number of alkyl carbamates (subject to hydrolysis) is 1. The third kappa shape index (κ3) is 3.38. The number of carbonyl (C=O) groups excluding carboxylic acids is 1. The van der Waals surface area contributed by atoms with Crippen LogP contribution in [0.3, 0.4) is 0 Å². The summed E-state index contributed by atoms with van der Waals surface area (Å²) in [7, 11) is 0. The van der Waals surface area contributed by atoms with Gasteiger partial charge < -0.3 is 15.2 Å². The Hall–Kier alpha value is -2.30. The zero-order chi connectivity index (χ0) is 14.4. The zero-order valence-corrected chi connectivity index (χ0v) is 11.0. The molecule has 1 aliphatic carbocycles. The fraction of sp³-hybridized carbons (Fsp3) is 0.333. The van der Waals surface area contributed by atoms with Gasteiger partial charge in [0, 0.05) is 0 Å². The minimum absolute atomic E-state index is 0.123. The summed E-state index contributed by atoms with van der Waals surface area (Å²) in [5, 5.41) is 11.8. The van der Waals surface area contributed by atoms with E-state index in [0.29, 0.717) is 12.8 Å². The number of hydrogen-bond donors (Lipinski definition) is 2. The quantitative estimate of drug-likeness (QED) is 0.828. The van der Waals surface area contributed by atoms with Gasteiger partial charge in [0.05, 0.1) is 0 Å². The fourth-order valence-corrected chi connectivity index (χ4v) is 2.15. The Bertz CT molecular complexity index is 512. The SMILES string of the molecule is O=C(NC1(C(=O)O)CC=CCC1)OCc1ccccc1. The van der Waals surface area contributed by atoms with Gasteiger partial charge in [-0.2, -0.15) is 0 Å². The molecule has 1 aliphatic rings. The largest absolute Gasteiger partial charge is 0.479 e. The van der Waals surface area contributed by atoms with Crippen LogP contribution in [0.5, 0.6) is 0 Å². The molecule has 1 aromatic rings. The van der Waals surface area contributed by atoms with Crippen LogP contribution in [0, 0.1) is 0 Å². The van der Waals surface area contributed by atoms with Crippen LogP contribution in [-0.2, 0) is 16.1 Å². The van der Waals surface area contributed by atoms with Crippen molar-refractivity contribution in [1.82, 2.24) is 5.32 Å². The van der Waals surface area contributed by atoms with Crippen LogP contribution in [0.1, 0.15) is 24.8 Å². The van der Waals surface area contributed by atoms with Gasteiger partial charge in [-0.3, -0.25) is 0 Å². The Balaban J connectivity index is 1.92. The minimum Gasteiger partial charge on any atom is -0.479 e. The second-order valence-electron chi connectivity index (χ2n) is 4.79. The van der Waals surface area contributed by atoms with Crippen molar-refractivity contribution >= 4 is 12.1 Å². The first kappa shape index (κ1) is 14.1. The Labute approximate surface area is 117 Å². The molecule has 2 N–H and O–H groups in total. The zero-order valence-electron chi connectivity index (χ0n) is 11.0. The maximum atomic E-state index is 11.8. The molecule has 1 aromatic carbocycles. The van der Waals surface area contributed by atoms with Crippen LogP contribution in [0.15, 0.2) is 42.5 Å². The molecule has 0 bridgehead atoms. The second-order valence-corrected chi connectivity index (χ2v) is 4.79. The van der Waals surface area contributed by atoms with E-state index in [1.165, 1.54) is 0 Å². The highest BCUT2D eigenvalue weighted by atomic mass is 16.5. The van der Waals surface area contributed by atoms with E-state index in [2.05, 4.69) is 5.32 Å². The van der Waals surface area contributed by atoms with Crippen LogP contribution in [-0.4, -0.2) is 22.7 Å². The maximum Gasteiger partial charge on any atom is 0.408 e. The summed E-state index contributed by atoms with van der Waals surface area (Å²) in [6.07, 6.45) is 4.27. The van der Waals surface area contributed by atoms with Crippen LogP contribution < -0.4 is 5.32 Å². The number of carbonyl (C=O) groups is 2. The minimum atomic E-state index is -1.25. The van der Waals surface area contributed by atoms with E-state index in [1.54, 1.807) is 6.08 Å². The Morgan fingerprint density at radius 1 is 1.25 bits per heavy atom. The number of allylic oxidation sites excluding steroid dienone is 1. The molecule has 1 atom stereocenters. The molecule has 0 heterocycles. The molecular weight excluding hydrogens is 258 g/mol. The van der Waals surface area contributed by atoms with Crippen molar-refractivity contribution in [2.45, 2.75) is 31.4 Å². The highest BCUT2D eigenvalue weighted by Crippen LogP contribution is 2.24. The normalized spacial score (nSPS) is 21.2. The van der Waals surface area contributed by atoms with E-state index >= 15 is 0 Å². The molecular formula is C15H17NO4. The predicted molar refractivity (Wildman–Crippen MR) is 73.1 cm³/mol. The van der Waals surface area contributed by atoms with Crippen molar-refractivity contribution in [1.29, 1.82) is 0 Å². The summed E-state index contributed by atoms with van der Waals surface area (Å²) < 4.78 is 5.07. The van der Waals surface area contributed by atoms with Crippen LogP contribution >= 0.6 is 0 Å². The average Bonchev–Trinajstić information content (AvgIpc) is 2.47. The molecule has 0 radical (unpaired) electrons. The highest BCUT2D eigenvalue weighted by Gasteiger charge is 2.40. The monoisotopic (exact) mass is 275 g/mol. The number of ether oxygens (including phenoxy) is 1. The van der Waals surface area contributed by atoms with E-state index in [-0.39, 0.29) is 13.0 Å². The molecule has 0 saturated heterocycles.